The van der Waals surface area contributed by atoms with Gasteiger partial charge in [0.05, 0.1) is 0 Å². The molecule has 0 N–H and O–H groups in total. The van der Waals surface area contributed by atoms with Crippen LogP contribution in [0.15, 0.2) is 60.8 Å². The molecule has 0 saturated heterocycles. The smallest absolute Gasteiger partial charge is 0.164 e. The maximum absolute atomic E-state index is 5.12. The van der Waals surface area contributed by atoms with Gasteiger partial charge in [-0.25, -0.2) is 9.97 Å². The van der Waals surface area contributed by atoms with Crippen molar-refractivity contribution in [1.82, 2.24) is 14.5 Å². The molecule has 0 bridgehead atoms. The number of benzene rings is 2. The van der Waals surface area contributed by atoms with E-state index in [1.807, 2.05) is 12.3 Å². The van der Waals surface area contributed by atoms with E-state index in [1.165, 1.54) is 42.4 Å². The molecule has 0 aliphatic heterocycles. The fraction of sp³-hybridized carbons (Fsp3) is 0.379. The van der Waals surface area contributed by atoms with E-state index in [9.17, 15) is 0 Å². The third kappa shape index (κ3) is 2.87. The number of rotatable bonds is 2. The number of aromatic nitrogens is 3. The zero-order chi connectivity index (χ0) is 22.1. The molecule has 3 heteroatoms. The molecule has 0 fully saturated rings. The van der Waals surface area contributed by atoms with E-state index in [2.05, 4.69) is 80.8 Å². The van der Waals surface area contributed by atoms with E-state index in [4.69, 9.17) is 9.97 Å². The molecule has 3 nitrogen and oxygen atoms in total. The zero-order valence-electron chi connectivity index (χ0n) is 19.5. The van der Waals surface area contributed by atoms with Crippen molar-refractivity contribution in [3.05, 3.63) is 77.5 Å². The molecule has 4 aromatic rings. The van der Waals surface area contributed by atoms with Gasteiger partial charge >= 0.3 is 0 Å². The SMILES string of the molecule is CC1(C)CCC2CCC(C)(C)c3cc(-c4nc5cccnc5n4-c4ccccc4)cc1c32. The van der Waals surface area contributed by atoms with E-state index in [-0.39, 0.29) is 10.8 Å². The van der Waals surface area contributed by atoms with Crippen LogP contribution in [-0.2, 0) is 10.8 Å². The fourth-order valence-corrected chi connectivity index (χ4v) is 6.04. The Balaban J connectivity index is 1.68. The molecule has 2 heterocycles. The van der Waals surface area contributed by atoms with Crippen LogP contribution in [0.25, 0.3) is 28.2 Å². The molecule has 6 rings (SSSR count). The molecule has 2 aliphatic carbocycles. The van der Waals surface area contributed by atoms with Gasteiger partial charge in [-0.15, -0.1) is 0 Å². The number of hydrogen-bond acceptors (Lipinski definition) is 2. The van der Waals surface area contributed by atoms with Crippen LogP contribution in [-0.4, -0.2) is 14.5 Å². The Morgan fingerprint density at radius 3 is 2.16 bits per heavy atom. The minimum absolute atomic E-state index is 0.186. The number of fused-ring (bicyclic) bond motifs is 1. The van der Waals surface area contributed by atoms with Crippen molar-refractivity contribution in [3.8, 4) is 17.1 Å². The molecule has 0 spiro atoms. The van der Waals surface area contributed by atoms with Crippen molar-refractivity contribution in [1.29, 1.82) is 0 Å². The Bertz CT molecular complexity index is 1290. The largest absolute Gasteiger partial charge is 0.277 e. The highest BCUT2D eigenvalue weighted by atomic mass is 15.1. The van der Waals surface area contributed by atoms with E-state index >= 15 is 0 Å². The Morgan fingerprint density at radius 1 is 0.844 bits per heavy atom. The summed E-state index contributed by atoms with van der Waals surface area (Å²) in [6.07, 6.45) is 7.00. The Morgan fingerprint density at radius 2 is 1.50 bits per heavy atom. The topological polar surface area (TPSA) is 30.7 Å². The number of para-hydroxylation sites is 1. The first-order valence-electron chi connectivity index (χ1n) is 11.9. The lowest BCUT2D eigenvalue weighted by Crippen LogP contribution is -2.34. The lowest BCUT2D eigenvalue weighted by Gasteiger charge is -2.45. The first-order valence-corrected chi connectivity index (χ1v) is 11.9. The number of hydrogen-bond donors (Lipinski definition) is 0. The molecular formula is C29H31N3. The third-order valence-electron chi connectivity index (χ3n) is 7.97. The summed E-state index contributed by atoms with van der Waals surface area (Å²) in [5.74, 6) is 1.70. The molecule has 162 valence electrons. The van der Waals surface area contributed by atoms with Crippen LogP contribution >= 0.6 is 0 Å². The van der Waals surface area contributed by atoms with Gasteiger partial charge in [0.1, 0.15) is 11.3 Å². The second kappa shape index (κ2) is 6.78. The van der Waals surface area contributed by atoms with Gasteiger partial charge in [-0.05, 0) is 95.5 Å². The van der Waals surface area contributed by atoms with Gasteiger partial charge in [-0.3, -0.25) is 4.57 Å². The summed E-state index contributed by atoms with van der Waals surface area (Å²) in [6.45, 7) is 9.69. The second-order valence-corrected chi connectivity index (χ2v) is 11.0. The molecule has 2 aliphatic rings. The lowest BCUT2D eigenvalue weighted by atomic mass is 9.59. The summed E-state index contributed by atoms with van der Waals surface area (Å²) in [5.41, 5.74) is 9.25. The molecule has 0 amide bonds. The van der Waals surface area contributed by atoms with Crippen molar-refractivity contribution in [2.45, 2.75) is 70.1 Å². The highest BCUT2D eigenvalue weighted by Gasteiger charge is 2.41. The minimum atomic E-state index is 0.186. The molecule has 2 aromatic heterocycles. The normalized spacial score (nSPS) is 19.1. The van der Waals surface area contributed by atoms with Gasteiger partial charge in [0.25, 0.3) is 0 Å². The first kappa shape index (κ1) is 19.7. The molecule has 2 aromatic carbocycles. The van der Waals surface area contributed by atoms with Crippen molar-refractivity contribution < 1.29 is 0 Å². The first-order chi connectivity index (χ1) is 15.4. The van der Waals surface area contributed by atoms with Crippen LogP contribution in [0.4, 0.5) is 0 Å². The minimum Gasteiger partial charge on any atom is -0.277 e. The predicted molar refractivity (Wildman–Crippen MR) is 132 cm³/mol. The van der Waals surface area contributed by atoms with E-state index in [0.29, 0.717) is 5.92 Å². The quantitative estimate of drug-likeness (QED) is 0.340. The summed E-state index contributed by atoms with van der Waals surface area (Å²) < 4.78 is 2.23. The van der Waals surface area contributed by atoms with Gasteiger partial charge in [-0.1, -0.05) is 45.9 Å². The van der Waals surface area contributed by atoms with Crippen LogP contribution < -0.4 is 0 Å². The third-order valence-corrected chi connectivity index (χ3v) is 7.97. The Labute approximate surface area is 190 Å². The maximum atomic E-state index is 5.12. The Hall–Kier alpha value is -2.94. The maximum Gasteiger partial charge on any atom is 0.164 e. The fourth-order valence-electron chi connectivity index (χ4n) is 6.04. The van der Waals surface area contributed by atoms with Gasteiger partial charge in [0.15, 0.2) is 5.65 Å². The summed E-state index contributed by atoms with van der Waals surface area (Å²) >= 11 is 0. The van der Waals surface area contributed by atoms with Crippen molar-refractivity contribution in [2.24, 2.45) is 0 Å². The molecule has 0 saturated carbocycles. The van der Waals surface area contributed by atoms with E-state index in [0.717, 1.165) is 22.7 Å². The van der Waals surface area contributed by atoms with Crippen LogP contribution in [0.2, 0.25) is 0 Å². The zero-order valence-corrected chi connectivity index (χ0v) is 19.5. The van der Waals surface area contributed by atoms with Crippen molar-refractivity contribution >= 4 is 11.2 Å². The van der Waals surface area contributed by atoms with Crippen LogP contribution in [0, 0.1) is 0 Å². The molecular weight excluding hydrogens is 390 g/mol. The van der Waals surface area contributed by atoms with Crippen molar-refractivity contribution in [3.63, 3.8) is 0 Å². The van der Waals surface area contributed by atoms with Gasteiger partial charge in [0.2, 0.25) is 0 Å². The van der Waals surface area contributed by atoms with Gasteiger partial charge in [0, 0.05) is 17.4 Å². The summed E-state index contributed by atoms with van der Waals surface area (Å²) in [6, 6.07) is 19.5. The van der Waals surface area contributed by atoms with Crippen molar-refractivity contribution in [2.75, 3.05) is 0 Å². The molecule has 32 heavy (non-hydrogen) atoms. The highest BCUT2D eigenvalue weighted by molar-refractivity contribution is 5.80. The highest BCUT2D eigenvalue weighted by Crippen LogP contribution is 2.53. The Kier molecular flexibility index (Phi) is 4.18. The summed E-state index contributed by atoms with van der Waals surface area (Å²) in [5, 5.41) is 0. The monoisotopic (exact) mass is 421 g/mol. The average Bonchev–Trinajstić information content (AvgIpc) is 3.18. The standard InChI is InChI=1S/C29H31N3/c1-28(2)14-12-19-13-15-29(3,4)23-18-20(17-22(28)25(19)23)26-31-24-11-8-16-30-27(24)32(26)21-9-6-5-7-10-21/h5-11,16-19H,12-15H2,1-4H3. The second-order valence-electron chi connectivity index (χ2n) is 11.0. The predicted octanol–water partition coefficient (Wildman–Crippen LogP) is 7.31. The number of nitrogens with zero attached hydrogens (tertiary/aromatic N) is 3. The van der Waals surface area contributed by atoms with Crippen LogP contribution in [0.3, 0.4) is 0 Å². The summed E-state index contributed by atoms with van der Waals surface area (Å²) in [7, 11) is 0. The number of imidazole rings is 1. The molecule has 0 radical (unpaired) electrons. The number of pyridine rings is 1. The van der Waals surface area contributed by atoms with Gasteiger partial charge in [-0.2, -0.15) is 0 Å². The molecule has 0 atom stereocenters. The molecule has 0 unspecified atom stereocenters. The van der Waals surface area contributed by atoms with E-state index < -0.39 is 0 Å². The van der Waals surface area contributed by atoms with Crippen LogP contribution in [0.5, 0.6) is 0 Å². The van der Waals surface area contributed by atoms with Gasteiger partial charge < -0.3 is 0 Å². The average molecular weight is 422 g/mol. The lowest BCUT2D eigenvalue weighted by molar-refractivity contribution is 0.321. The van der Waals surface area contributed by atoms with Crippen LogP contribution in [0.1, 0.15) is 76.0 Å². The van der Waals surface area contributed by atoms with E-state index in [1.54, 1.807) is 5.56 Å². The summed E-state index contributed by atoms with van der Waals surface area (Å²) in [4.78, 5) is 9.83.